The van der Waals surface area contributed by atoms with E-state index in [-0.39, 0.29) is 15.7 Å². The summed E-state index contributed by atoms with van der Waals surface area (Å²) in [7, 11) is 0. The van der Waals surface area contributed by atoms with Gasteiger partial charge in [-0.3, -0.25) is 0 Å². The fourth-order valence-corrected chi connectivity index (χ4v) is 3.48. The van der Waals surface area contributed by atoms with Gasteiger partial charge in [-0.25, -0.2) is 14.0 Å². The van der Waals surface area contributed by atoms with Gasteiger partial charge >= 0.3 is 12.0 Å². The average Bonchev–Trinajstić information content (AvgIpc) is 2.42. The van der Waals surface area contributed by atoms with E-state index in [2.05, 4.69) is 5.32 Å². The molecular formula is C12H11Cl2FN2O3S. The van der Waals surface area contributed by atoms with Crippen molar-refractivity contribution in [2.75, 3.05) is 23.4 Å². The standard InChI is InChI=1S/C12H11Cl2FN2O3S/c13-7-3-6(15)4-8(14)10(7)16-12(20)17-1-2-21-5-9(17)11(18)19/h3-4,9H,1-2,5H2,(H,16,20)(H,18,19). The molecular weight excluding hydrogens is 342 g/mol. The van der Waals surface area contributed by atoms with Crippen LogP contribution in [-0.4, -0.2) is 46.1 Å². The molecule has 0 bridgehead atoms. The van der Waals surface area contributed by atoms with Crippen LogP contribution >= 0.6 is 35.0 Å². The molecule has 0 radical (unpaired) electrons. The summed E-state index contributed by atoms with van der Waals surface area (Å²) < 4.78 is 13.1. The van der Waals surface area contributed by atoms with Crippen molar-refractivity contribution in [1.29, 1.82) is 0 Å². The van der Waals surface area contributed by atoms with E-state index in [0.717, 1.165) is 12.1 Å². The number of halogens is 3. The quantitative estimate of drug-likeness (QED) is 0.857. The predicted octanol–water partition coefficient (Wildman–Crippen LogP) is 3.17. The fourth-order valence-electron chi connectivity index (χ4n) is 1.89. The second kappa shape index (κ2) is 6.72. The molecule has 1 saturated heterocycles. The lowest BCUT2D eigenvalue weighted by Gasteiger charge is -2.32. The van der Waals surface area contributed by atoms with E-state index in [0.29, 0.717) is 18.1 Å². The lowest BCUT2D eigenvalue weighted by Crippen LogP contribution is -2.51. The Morgan fingerprint density at radius 3 is 2.57 bits per heavy atom. The lowest BCUT2D eigenvalue weighted by atomic mass is 10.2. The fraction of sp³-hybridized carbons (Fsp3) is 0.333. The summed E-state index contributed by atoms with van der Waals surface area (Å²) in [6, 6.07) is 0.493. The topological polar surface area (TPSA) is 69.6 Å². The van der Waals surface area contributed by atoms with Crippen LogP contribution in [0.15, 0.2) is 12.1 Å². The molecule has 2 rings (SSSR count). The van der Waals surface area contributed by atoms with E-state index in [9.17, 15) is 14.0 Å². The highest BCUT2D eigenvalue weighted by Crippen LogP contribution is 2.32. The van der Waals surface area contributed by atoms with Gasteiger partial charge in [0.25, 0.3) is 0 Å². The van der Waals surface area contributed by atoms with Crippen LogP contribution < -0.4 is 5.32 Å². The Balaban J connectivity index is 2.19. The number of carbonyl (C=O) groups is 2. The van der Waals surface area contributed by atoms with Crippen LogP contribution in [0.3, 0.4) is 0 Å². The minimum Gasteiger partial charge on any atom is -0.480 e. The molecule has 1 aromatic rings. The van der Waals surface area contributed by atoms with Crippen LogP contribution in [0.2, 0.25) is 10.0 Å². The van der Waals surface area contributed by atoms with E-state index >= 15 is 0 Å². The summed E-state index contributed by atoms with van der Waals surface area (Å²) in [5, 5.41) is 11.5. The third-order valence-electron chi connectivity index (χ3n) is 2.91. The van der Waals surface area contributed by atoms with Gasteiger partial charge in [0.15, 0.2) is 0 Å². The van der Waals surface area contributed by atoms with E-state index in [1.54, 1.807) is 0 Å². The van der Waals surface area contributed by atoms with Gasteiger partial charge in [-0.05, 0) is 12.1 Å². The molecule has 1 atom stereocenters. The summed E-state index contributed by atoms with van der Waals surface area (Å²) in [5.41, 5.74) is 0.0621. The zero-order valence-electron chi connectivity index (χ0n) is 10.6. The number of thioether (sulfide) groups is 1. The van der Waals surface area contributed by atoms with Crippen molar-refractivity contribution >= 4 is 52.7 Å². The maximum atomic E-state index is 13.1. The normalized spacial score (nSPS) is 18.4. The Morgan fingerprint density at radius 1 is 1.38 bits per heavy atom. The molecule has 114 valence electrons. The van der Waals surface area contributed by atoms with Gasteiger partial charge in [0.05, 0.1) is 15.7 Å². The van der Waals surface area contributed by atoms with Crippen LogP contribution in [0.25, 0.3) is 0 Å². The predicted molar refractivity (Wildman–Crippen MR) is 80.9 cm³/mol. The third kappa shape index (κ3) is 3.72. The minimum atomic E-state index is -1.08. The number of carboxylic acid groups (broad SMARTS) is 1. The number of nitrogens with one attached hydrogen (secondary N) is 1. The summed E-state index contributed by atoms with van der Waals surface area (Å²) >= 11 is 13.1. The first-order valence-electron chi connectivity index (χ1n) is 5.93. The van der Waals surface area contributed by atoms with E-state index in [1.807, 2.05) is 0 Å². The summed E-state index contributed by atoms with van der Waals surface area (Å²) in [6.07, 6.45) is 0. The highest BCUT2D eigenvalue weighted by Gasteiger charge is 2.32. The van der Waals surface area contributed by atoms with Crippen molar-refractivity contribution in [3.63, 3.8) is 0 Å². The number of rotatable bonds is 2. The maximum Gasteiger partial charge on any atom is 0.327 e. The molecule has 1 aliphatic rings. The Kier molecular flexibility index (Phi) is 5.18. The molecule has 1 aliphatic heterocycles. The number of hydrogen-bond acceptors (Lipinski definition) is 3. The number of carboxylic acids is 1. The van der Waals surface area contributed by atoms with Gasteiger partial charge in [-0.2, -0.15) is 11.8 Å². The summed E-state index contributed by atoms with van der Waals surface area (Å²) in [4.78, 5) is 24.6. The van der Waals surface area contributed by atoms with Crippen molar-refractivity contribution in [2.24, 2.45) is 0 Å². The smallest absolute Gasteiger partial charge is 0.327 e. The molecule has 2 N–H and O–H groups in total. The zero-order chi connectivity index (χ0) is 15.6. The number of carbonyl (C=O) groups excluding carboxylic acids is 1. The van der Waals surface area contributed by atoms with Crippen LogP contribution in [0.5, 0.6) is 0 Å². The van der Waals surface area contributed by atoms with Gasteiger partial charge in [-0.1, -0.05) is 23.2 Å². The minimum absolute atomic E-state index is 0.0494. The molecule has 9 heteroatoms. The second-order valence-corrected chi connectivity index (χ2v) is 6.26. The Morgan fingerprint density at radius 2 is 2.00 bits per heavy atom. The summed E-state index contributed by atoms with van der Waals surface area (Å²) in [5.74, 6) is -0.746. The van der Waals surface area contributed by atoms with Crippen molar-refractivity contribution in [3.8, 4) is 0 Å². The van der Waals surface area contributed by atoms with Gasteiger partial charge in [-0.15, -0.1) is 0 Å². The van der Waals surface area contributed by atoms with E-state index in [1.165, 1.54) is 16.7 Å². The number of amides is 2. The number of urea groups is 1. The van der Waals surface area contributed by atoms with Gasteiger partial charge in [0.1, 0.15) is 11.9 Å². The molecule has 0 aliphatic carbocycles. The second-order valence-electron chi connectivity index (χ2n) is 4.30. The van der Waals surface area contributed by atoms with Crippen LogP contribution in [-0.2, 0) is 4.79 Å². The lowest BCUT2D eigenvalue weighted by molar-refractivity contribution is -0.141. The van der Waals surface area contributed by atoms with Crippen LogP contribution in [0.1, 0.15) is 0 Å². The molecule has 0 aromatic heterocycles. The first-order chi connectivity index (χ1) is 9.90. The van der Waals surface area contributed by atoms with E-state index < -0.39 is 23.9 Å². The number of aliphatic carboxylic acids is 1. The van der Waals surface area contributed by atoms with E-state index in [4.69, 9.17) is 28.3 Å². The van der Waals surface area contributed by atoms with Crippen molar-refractivity contribution < 1.29 is 19.1 Å². The van der Waals surface area contributed by atoms with Crippen LogP contribution in [0.4, 0.5) is 14.9 Å². The molecule has 21 heavy (non-hydrogen) atoms. The highest BCUT2D eigenvalue weighted by molar-refractivity contribution is 7.99. The van der Waals surface area contributed by atoms with Crippen LogP contribution in [0, 0.1) is 5.82 Å². The molecule has 0 saturated carbocycles. The molecule has 5 nitrogen and oxygen atoms in total. The summed E-state index contributed by atoms with van der Waals surface area (Å²) in [6.45, 7) is 0.296. The Labute approximate surface area is 134 Å². The third-order valence-corrected chi connectivity index (χ3v) is 4.53. The zero-order valence-corrected chi connectivity index (χ0v) is 12.9. The number of hydrogen-bond donors (Lipinski definition) is 2. The largest absolute Gasteiger partial charge is 0.480 e. The molecule has 2 amide bonds. The number of benzene rings is 1. The van der Waals surface area contributed by atoms with Gasteiger partial charge in [0.2, 0.25) is 0 Å². The van der Waals surface area contributed by atoms with Crippen molar-refractivity contribution in [2.45, 2.75) is 6.04 Å². The Bertz CT molecular complexity index is 565. The molecule has 1 unspecified atom stereocenters. The first-order valence-corrected chi connectivity index (χ1v) is 7.84. The maximum absolute atomic E-state index is 13.1. The number of anilines is 1. The highest BCUT2D eigenvalue weighted by atomic mass is 35.5. The molecule has 1 heterocycles. The molecule has 1 fully saturated rings. The average molecular weight is 353 g/mol. The molecule has 1 aromatic carbocycles. The molecule has 0 spiro atoms. The first kappa shape index (κ1) is 16.2. The van der Waals surface area contributed by atoms with Gasteiger partial charge in [0, 0.05) is 18.1 Å². The monoisotopic (exact) mass is 352 g/mol. The SMILES string of the molecule is O=C(O)C1CSCCN1C(=O)Nc1c(Cl)cc(F)cc1Cl. The number of nitrogens with zero attached hydrogens (tertiary/aromatic N) is 1. The Hall–Kier alpha value is -1.18. The van der Waals surface area contributed by atoms with Crippen molar-refractivity contribution in [3.05, 3.63) is 28.0 Å². The van der Waals surface area contributed by atoms with Gasteiger partial charge < -0.3 is 15.3 Å². The van der Waals surface area contributed by atoms with Crippen molar-refractivity contribution in [1.82, 2.24) is 4.90 Å².